The standard InChI is InChI=1S/C51H90N12O14/c1-19-30(8)39(42(71)58-34(22-29(6)7)43(72)77-18)59-38(68)26-55-45(74)49(12,13)62-40(69)32(20-27(2)3)56-36(66)24-52-35(65)23-53-44(73)48(10,11)61-41(70)33(21-28(4)5)57-37(67)25-54-46(75)50(14,15)63-47(76)51(16,17)60-31(9)64/h27-30,32-34,39H,19-26H2,1-18H3,(H,52,65)(H,53,73)(H,54,75)(H,55,74)(H,56,66)(H,57,67)(H,58,71)(H,59,68)(H,60,64)(H,61,70)(H,62,69)(H,63,76)/t30-,32-,33-,34-,39-/m0/s1. The molecular formula is C51H90N12O14. The molecule has 0 rings (SSSR count). The van der Waals surface area contributed by atoms with Crippen LogP contribution in [0, 0.1) is 23.7 Å². The van der Waals surface area contributed by atoms with Gasteiger partial charge in [0.05, 0.1) is 33.3 Å². The van der Waals surface area contributed by atoms with Crippen LogP contribution < -0.4 is 63.8 Å². The van der Waals surface area contributed by atoms with Crippen molar-refractivity contribution in [1.29, 1.82) is 0 Å². The Labute approximate surface area is 453 Å². The van der Waals surface area contributed by atoms with E-state index in [0.29, 0.717) is 12.8 Å². The summed E-state index contributed by atoms with van der Waals surface area (Å²) in [5, 5.41) is 30.1. The van der Waals surface area contributed by atoms with Gasteiger partial charge >= 0.3 is 5.97 Å². The first-order valence-corrected chi connectivity index (χ1v) is 25.8. The van der Waals surface area contributed by atoms with E-state index in [4.69, 9.17) is 4.74 Å². The topological polar surface area (TPSA) is 375 Å². The van der Waals surface area contributed by atoms with E-state index in [1.54, 1.807) is 34.6 Å². The van der Waals surface area contributed by atoms with Crippen LogP contribution in [0.25, 0.3) is 0 Å². The van der Waals surface area contributed by atoms with Gasteiger partial charge in [-0.05, 0) is 98.3 Å². The Morgan fingerprint density at radius 2 is 0.740 bits per heavy atom. The molecule has 12 N–H and O–H groups in total. The molecule has 0 aliphatic rings. The van der Waals surface area contributed by atoms with E-state index in [1.807, 2.05) is 20.8 Å². The fraction of sp³-hybridized carbons (Fsp3) is 0.745. The summed E-state index contributed by atoms with van der Waals surface area (Å²) in [5.41, 5.74) is -6.11. The number of carbonyl (C=O) groups is 13. The van der Waals surface area contributed by atoms with E-state index < -0.39 is 149 Å². The van der Waals surface area contributed by atoms with Crippen molar-refractivity contribution in [2.24, 2.45) is 23.7 Å². The first kappa shape index (κ1) is 70.1. The molecule has 438 valence electrons. The fourth-order valence-corrected chi connectivity index (χ4v) is 7.20. The van der Waals surface area contributed by atoms with Gasteiger partial charge in [-0.3, -0.25) is 57.5 Å². The molecule has 26 nitrogen and oxygen atoms in total. The van der Waals surface area contributed by atoms with E-state index in [0.717, 1.165) is 0 Å². The van der Waals surface area contributed by atoms with Gasteiger partial charge in [-0.15, -0.1) is 0 Å². The summed E-state index contributed by atoms with van der Waals surface area (Å²) < 4.78 is 4.83. The SMILES string of the molecule is CC[C@H](C)[C@H](NC(=O)CNC(=O)C(C)(C)NC(=O)[C@H](CC(C)C)NC(=O)CNC(=O)CNC(=O)C(C)(C)NC(=O)[C@H](CC(C)C)NC(=O)CNC(=O)C(C)(C)NC(=O)C(C)(C)NC(C)=O)C(=O)N[C@@H](CC(C)C)C(=O)OC. The zero-order valence-corrected chi connectivity index (χ0v) is 48.5. The zero-order chi connectivity index (χ0) is 60.0. The molecule has 26 heteroatoms. The number of hydrogen-bond acceptors (Lipinski definition) is 14. The van der Waals surface area contributed by atoms with E-state index in [-0.39, 0.29) is 36.5 Å². The number of rotatable bonds is 32. The van der Waals surface area contributed by atoms with Gasteiger partial charge in [0.1, 0.15) is 46.3 Å². The van der Waals surface area contributed by atoms with Crippen molar-refractivity contribution in [1.82, 2.24) is 63.8 Å². The fourth-order valence-electron chi connectivity index (χ4n) is 7.20. The maximum atomic E-state index is 13.5. The second-order valence-electron chi connectivity index (χ2n) is 22.6. The third-order valence-corrected chi connectivity index (χ3v) is 11.8. The molecule has 0 unspecified atom stereocenters. The molecule has 0 aromatic rings. The summed E-state index contributed by atoms with van der Waals surface area (Å²) in [6.07, 6.45) is 1.05. The van der Waals surface area contributed by atoms with Gasteiger partial charge in [-0.1, -0.05) is 61.8 Å². The molecule has 0 bridgehead atoms. The molecule has 12 amide bonds. The molecule has 0 saturated heterocycles. The second-order valence-corrected chi connectivity index (χ2v) is 22.6. The first-order valence-electron chi connectivity index (χ1n) is 25.8. The summed E-state index contributed by atoms with van der Waals surface area (Å²) in [6.45, 7) is 24.5. The number of hydrogen-bond donors (Lipinski definition) is 12. The smallest absolute Gasteiger partial charge is 0.328 e. The predicted molar refractivity (Wildman–Crippen MR) is 284 cm³/mol. The number of amides is 12. The van der Waals surface area contributed by atoms with Crippen LogP contribution in [0.5, 0.6) is 0 Å². The minimum atomic E-state index is -1.63. The average Bonchev–Trinajstić information content (AvgIpc) is 3.29. The van der Waals surface area contributed by atoms with Crippen molar-refractivity contribution in [3.05, 3.63) is 0 Å². The molecule has 0 fully saturated rings. The molecule has 0 radical (unpaired) electrons. The van der Waals surface area contributed by atoms with Crippen molar-refractivity contribution in [3.8, 4) is 0 Å². The van der Waals surface area contributed by atoms with Crippen LogP contribution in [0.15, 0.2) is 0 Å². The van der Waals surface area contributed by atoms with E-state index >= 15 is 0 Å². The third-order valence-electron chi connectivity index (χ3n) is 11.8. The summed E-state index contributed by atoms with van der Waals surface area (Å²) in [5.74, 6) is -9.76. The highest BCUT2D eigenvalue weighted by Gasteiger charge is 2.39. The lowest BCUT2D eigenvalue weighted by Gasteiger charge is -2.31. The molecule has 77 heavy (non-hydrogen) atoms. The monoisotopic (exact) mass is 1090 g/mol. The van der Waals surface area contributed by atoms with Crippen LogP contribution in [0.3, 0.4) is 0 Å². The number of nitrogens with one attached hydrogen (secondary N) is 12. The lowest BCUT2D eigenvalue weighted by atomic mass is 9.97. The number of esters is 1. The van der Waals surface area contributed by atoms with Crippen molar-refractivity contribution < 1.29 is 67.1 Å². The molecule has 0 spiro atoms. The van der Waals surface area contributed by atoms with E-state index in [2.05, 4.69) is 63.8 Å². The molecule has 0 aliphatic carbocycles. The van der Waals surface area contributed by atoms with Crippen LogP contribution in [-0.2, 0) is 67.1 Å². The minimum absolute atomic E-state index is 0.0444. The van der Waals surface area contributed by atoms with Crippen molar-refractivity contribution in [2.45, 2.75) is 190 Å². The molecule has 0 heterocycles. The van der Waals surface area contributed by atoms with Crippen molar-refractivity contribution in [2.75, 3.05) is 33.3 Å². The second kappa shape index (κ2) is 31.4. The summed E-state index contributed by atoms with van der Waals surface area (Å²) >= 11 is 0. The molecule has 0 aromatic heterocycles. The van der Waals surface area contributed by atoms with E-state index in [9.17, 15) is 62.3 Å². The van der Waals surface area contributed by atoms with Gasteiger partial charge < -0.3 is 68.5 Å². The summed E-state index contributed by atoms with van der Waals surface area (Å²) in [7, 11) is 1.21. The summed E-state index contributed by atoms with van der Waals surface area (Å²) in [4.78, 5) is 168. The molecule has 0 aliphatic heterocycles. The normalized spacial score (nSPS) is 13.7. The molecule has 5 atom stereocenters. The number of carbonyl (C=O) groups excluding carboxylic acids is 13. The van der Waals surface area contributed by atoms with Crippen LogP contribution in [0.2, 0.25) is 0 Å². The Morgan fingerprint density at radius 1 is 0.403 bits per heavy atom. The average molecular weight is 1100 g/mol. The van der Waals surface area contributed by atoms with Crippen molar-refractivity contribution >= 4 is 76.9 Å². The first-order chi connectivity index (χ1) is 35.2. The maximum Gasteiger partial charge on any atom is 0.328 e. The van der Waals surface area contributed by atoms with E-state index in [1.165, 1.54) is 69.4 Å². The Kier molecular flexibility index (Phi) is 28.6. The highest BCUT2D eigenvalue weighted by Crippen LogP contribution is 2.14. The predicted octanol–water partition coefficient (Wildman–Crippen LogP) is -1.65. The van der Waals surface area contributed by atoms with Gasteiger partial charge in [0.15, 0.2) is 0 Å². The van der Waals surface area contributed by atoms with Crippen LogP contribution in [0.1, 0.15) is 143 Å². The van der Waals surface area contributed by atoms with Gasteiger partial charge in [0.2, 0.25) is 70.9 Å². The lowest BCUT2D eigenvalue weighted by molar-refractivity contribution is -0.146. The molecular weight excluding hydrogens is 1000 g/mol. The van der Waals surface area contributed by atoms with Crippen LogP contribution in [0.4, 0.5) is 0 Å². The van der Waals surface area contributed by atoms with Crippen LogP contribution >= 0.6 is 0 Å². The molecule has 0 saturated carbocycles. The van der Waals surface area contributed by atoms with Gasteiger partial charge in [-0.2, -0.15) is 0 Å². The lowest BCUT2D eigenvalue weighted by Crippen LogP contribution is -2.63. The Bertz CT molecular complexity index is 2140. The zero-order valence-electron chi connectivity index (χ0n) is 48.5. The van der Waals surface area contributed by atoms with Gasteiger partial charge in [0.25, 0.3) is 0 Å². The summed E-state index contributed by atoms with van der Waals surface area (Å²) in [6, 6.07) is -4.33. The Morgan fingerprint density at radius 3 is 1.10 bits per heavy atom. The highest BCUT2D eigenvalue weighted by atomic mass is 16.5. The van der Waals surface area contributed by atoms with Gasteiger partial charge in [-0.25, -0.2) is 4.79 Å². The molecule has 0 aromatic carbocycles. The quantitative estimate of drug-likeness (QED) is 0.0336. The van der Waals surface area contributed by atoms with Gasteiger partial charge in [0, 0.05) is 6.92 Å². The highest BCUT2D eigenvalue weighted by molar-refractivity contribution is 6.00. The van der Waals surface area contributed by atoms with Crippen LogP contribution in [-0.4, -0.2) is 156 Å². The minimum Gasteiger partial charge on any atom is -0.467 e. The third kappa shape index (κ3) is 26.1. The maximum absolute atomic E-state index is 13.5. The largest absolute Gasteiger partial charge is 0.467 e. The number of ether oxygens (including phenoxy) is 1. The Balaban J connectivity index is 5.48. The number of methoxy groups -OCH3 is 1. The Hall–Kier alpha value is -6.89. The van der Waals surface area contributed by atoms with Crippen molar-refractivity contribution in [3.63, 3.8) is 0 Å².